The van der Waals surface area contributed by atoms with Gasteiger partial charge in [-0.3, -0.25) is 4.79 Å². The predicted molar refractivity (Wildman–Crippen MR) is 76.2 cm³/mol. The minimum atomic E-state index is -0.0479. The molecule has 1 aromatic heterocycles. The molecule has 0 bridgehead atoms. The Bertz CT molecular complexity index is 584. The number of benzene rings is 1. The number of hydrogen-bond acceptors (Lipinski definition) is 3. The number of carbonyl (C=O) groups excluding carboxylic acids is 1. The van der Waals surface area contributed by atoms with Crippen LogP contribution >= 0.6 is 0 Å². The van der Waals surface area contributed by atoms with Gasteiger partial charge < -0.3 is 9.32 Å². The molecule has 0 aliphatic carbocycles. The molecule has 2 heterocycles. The Morgan fingerprint density at radius 3 is 2.65 bits per heavy atom. The third-order valence-electron chi connectivity index (χ3n) is 3.88. The van der Waals surface area contributed by atoms with Gasteiger partial charge in [0, 0.05) is 18.7 Å². The monoisotopic (exact) mass is 270 g/mol. The van der Waals surface area contributed by atoms with E-state index in [-0.39, 0.29) is 5.91 Å². The van der Waals surface area contributed by atoms with Gasteiger partial charge in [-0.1, -0.05) is 37.3 Å². The standard InChI is InChI=1S/C16H18N2O2/c1-12-7-9-18(10-8-12)16(19)15-14(17-11-20-15)13-5-3-2-4-6-13/h2-6,11-12H,7-10H2,1H3. The van der Waals surface area contributed by atoms with E-state index >= 15 is 0 Å². The highest BCUT2D eigenvalue weighted by Crippen LogP contribution is 2.25. The number of rotatable bonds is 2. The number of aromatic nitrogens is 1. The summed E-state index contributed by atoms with van der Waals surface area (Å²) in [6.45, 7) is 3.83. The Kier molecular flexibility index (Phi) is 3.54. The van der Waals surface area contributed by atoms with Crippen LogP contribution in [0, 0.1) is 5.92 Å². The van der Waals surface area contributed by atoms with Gasteiger partial charge in [-0.25, -0.2) is 4.98 Å². The van der Waals surface area contributed by atoms with Gasteiger partial charge in [-0.15, -0.1) is 0 Å². The maximum absolute atomic E-state index is 12.6. The minimum absolute atomic E-state index is 0.0479. The van der Waals surface area contributed by atoms with E-state index in [4.69, 9.17) is 4.42 Å². The van der Waals surface area contributed by atoms with Crippen molar-refractivity contribution >= 4 is 5.91 Å². The van der Waals surface area contributed by atoms with Crippen LogP contribution in [0.15, 0.2) is 41.1 Å². The Balaban J connectivity index is 1.85. The summed E-state index contributed by atoms with van der Waals surface area (Å²) in [5.41, 5.74) is 1.55. The van der Waals surface area contributed by atoms with Crippen LogP contribution < -0.4 is 0 Å². The molecule has 1 aliphatic heterocycles. The highest BCUT2D eigenvalue weighted by atomic mass is 16.3. The summed E-state index contributed by atoms with van der Waals surface area (Å²) < 4.78 is 5.36. The number of likely N-dealkylation sites (tertiary alicyclic amines) is 1. The van der Waals surface area contributed by atoms with Crippen molar-refractivity contribution in [3.63, 3.8) is 0 Å². The van der Waals surface area contributed by atoms with Gasteiger partial charge in [0.05, 0.1) is 0 Å². The van der Waals surface area contributed by atoms with Crippen molar-refractivity contribution in [1.29, 1.82) is 0 Å². The second-order valence-corrected chi connectivity index (χ2v) is 5.37. The van der Waals surface area contributed by atoms with Gasteiger partial charge in [-0.05, 0) is 18.8 Å². The highest BCUT2D eigenvalue weighted by Gasteiger charge is 2.26. The Morgan fingerprint density at radius 1 is 1.25 bits per heavy atom. The molecule has 0 spiro atoms. The van der Waals surface area contributed by atoms with Crippen LogP contribution in [0.2, 0.25) is 0 Å². The smallest absolute Gasteiger partial charge is 0.291 e. The summed E-state index contributed by atoms with van der Waals surface area (Å²) in [5.74, 6) is 1.00. The topological polar surface area (TPSA) is 46.3 Å². The van der Waals surface area contributed by atoms with E-state index in [2.05, 4.69) is 11.9 Å². The number of nitrogens with zero attached hydrogens (tertiary/aromatic N) is 2. The first kappa shape index (κ1) is 12.9. The fraction of sp³-hybridized carbons (Fsp3) is 0.375. The average molecular weight is 270 g/mol. The van der Waals surface area contributed by atoms with Crippen molar-refractivity contribution < 1.29 is 9.21 Å². The second-order valence-electron chi connectivity index (χ2n) is 5.37. The molecule has 1 saturated heterocycles. The largest absolute Gasteiger partial charge is 0.438 e. The van der Waals surface area contributed by atoms with Crippen LogP contribution in [0.25, 0.3) is 11.3 Å². The normalized spacial score (nSPS) is 16.4. The minimum Gasteiger partial charge on any atom is -0.438 e. The second kappa shape index (κ2) is 5.49. The third-order valence-corrected chi connectivity index (χ3v) is 3.88. The fourth-order valence-electron chi connectivity index (χ4n) is 2.55. The maximum Gasteiger partial charge on any atom is 0.291 e. The zero-order valence-corrected chi connectivity index (χ0v) is 11.6. The van der Waals surface area contributed by atoms with Crippen molar-refractivity contribution in [2.45, 2.75) is 19.8 Å². The van der Waals surface area contributed by atoms with Crippen LogP contribution in [-0.4, -0.2) is 28.9 Å². The molecule has 20 heavy (non-hydrogen) atoms. The summed E-state index contributed by atoms with van der Waals surface area (Å²) in [5, 5.41) is 0. The van der Waals surface area contributed by atoms with E-state index in [9.17, 15) is 4.79 Å². The lowest BCUT2D eigenvalue weighted by Gasteiger charge is -2.29. The molecule has 0 radical (unpaired) electrons. The summed E-state index contributed by atoms with van der Waals surface area (Å²) >= 11 is 0. The number of oxazole rings is 1. The van der Waals surface area contributed by atoms with Crippen molar-refractivity contribution in [3.05, 3.63) is 42.5 Å². The molecule has 0 unspecified atom stereocenters. The first-order valence-corrected chi connectivity index (χ1v) is 7.04. The first-order valence-electron chi connectivity index (χ1n) is 7.04. The predicted octanol–water partition coefficient (Wildman–Crippen LogP) is 3.21. The molecule has 1 aromatic carbocycles. The molecule has 1 aliphatic rings. The molecule has 104 valence electrons. The maximum atomic E-state index is 12.6. The van der Waals surface area contributed by atoms with Crippen molar-refractivity contribution in [2.24, 2.45) is 5.92 Å². The molecule has 1 amide bonds. The van der Waals surface area contributed by atoms with E-state index in [1.165, 1.54) is 6.39 Å². The molecular formula is C16H18N2O2. The molecule has 1 fully saturated rings. The molecule has 4 heteroatoms. The van der Waals surface area contributed by atoms with E-state index in [0.717, 1.165) is 31.5 Å². The molecule has 0 saturated carbocycles. The van der Waals surface area contributed by atoms with E-state index in [1.807, 2.05) is 35.2 Å². The van der Waals surface area contributed by atoms with Crippen LogP contribution in [0.3, 0.4) is 0 Å². The van der Waals surface area contributed by atoms with Gasteiger partial charge in [0.15, 0.2) is 6.39 Å². The van der Waals surface area contributed by atoms with Gasteiger partial charge in [-0.2, -0.15) is 0 Å². The molecule has 0 atom stereocenters. The Morgan fingerprint density at radius 2 is 1.95 bits per heavy atom. The highest BCUT2D eigenvalue weighted by molar-refractivity contribution is 5.97. The molecule has 2 aromatic rings. The molecular weight excluding hydrogens is 252 g/mol. The fourth-order valence-corrected chi connectivity index (χ4v) is 2.55. The van der Waals surface area contributed by atoms with Gasteiger partial charge in [0.2, 0.25) is 5.76 Å². The van der Waals surface area contributed by atoms with Crippen LogP contribution in [0.5, 0.6) is 0 Å². The van der Waals surface area contributed by atoms with E-state index < -0.39 is 0 Å². The van der Waals surface area contributed by atoms with Crippen molar-refractivity contribution in [3.8, 4) is 11.3 Å². The van der Waals surface area contributed by atoms with Crippen LogP contribution in [0.4, 0.5) is 0 Å². The zero-order chi connectivity index (χ0) is 13.9. The number of hydrogen-bond donors (Lipinski definition) is 0. The zero-order valence-electron chi connectivity index (χ0n) is 11.6. The lowest BCUT2D eigenvalue weighted by Crippen LogP contribution is -2.37. The quantitative estimate of drug-likeness (QED) is 0.841. The van der Waals surface area contributed by atoms with E-state index in [1.54, 1.807) is 0 Å². The van der Waals surface area contributed by atoms with Gasteiger partial charge in [0.1, 0.15) is 5.69 Å². The Hall–Kier alpha value is -2.10. The summed E-state index contributed by atoms with van der Waals surface area (Å²) in [4.78, 5) is 18.6. The van der Waals surface area contributed by atoms with Gasteiger partial charge in [0.25, 0.3) is 5.91 Å². The summed E-state index contributed by atoms with van der Waals surface area (Å²) in [7, 11) is 0. The third kappa shape index (κ3) is 2.46. The van der Waals surface area contributed by atoms with Crippen molar-refractivity contribution in [2.75, 3.05) is 13.1 Å². The SMILES string of the molecule is CC1CCN(C(=O)c2ocnc2-c2ccccc2)CC1. The molecule has 3 rings (SSSR count). The van der Waals surface area contributed by atoms with Crippen LogP contribution in [-0.2, 0) is 0 Å². The summed E-state index contributed by atoms with van der Waals surface area (Å²) in [6, 6.07) is 9.68. The van der Waals surface area contributed by atoms with E-state index in [0.29, 0.717) is 17.4 Å². The number of piperidine rings is 1. The molecule has 4 nitrogen and oxygen atoms in total. The summed E-state index contributed by atoms with van der Waals surface area (Å²) in [6.07, 6.45) is 3.46. The lowest BCUT2D eigenvalue weighted by molar-refractivity contribution is 0.0666. The number of amides is 1. The first-order chi connectivity index (χ1) is 9.75. The Labute approximate surface area is 118 Å². The molecule has 0 N–H and O–H groups in total. The average Bonchev–Trinajstić information content (AvgIpc) is 2.97. The van der Waals surface area contributed by atoms with Crippen molar-refractivity contribution in [1.82, 2.24) is 9.88 Å². The number of carbonyl (C=O) groups is 1. The van der Waals surface area contributed by atoms with Crippen LogP contribution in [0.1, 0.15) is 30.3 Å². The lowest BCUT2D eigenvalue weighted by atomic mass is 9.99. The van der Waals surface area contributed by atoms with Gasteiger partial charge >= 0.3 is 0 Å².